The molecule has 2 rings (SSSR count). The quantitative estimate of drug-likeness (QED) is 0.594. The lowest BCUT2D eigenvalue weighted by atomic mass is 10.2. The van der Waals surface area contributed by atoms with E-state index in [1.54, 1.807) is 6.07 Å². The van der Waals surface area contributed by atoms with Crippen molar-refractivity contribution in [2.24, 2.45) is 0 Å². The molecule has 0 radical (unpaired) electrons. The lowest BCUT2D eigenvalue weighted by molar-refractivity contribution is -0.383. The lowest BCUT2D eigenvalue weighted by Crippen LogP contribution is -2.02. The monoisotopic (exact) mass is 294 g/mol. The van der Waals surface area contributed by atoms with E-state index in [1.165, 1.54) is 12.1 Å². The van der Waals surface area contributed by atoms with Crippen molar-refractivity contribution in [1.82, 2.24) is 0 Å². The fraction of sp³-hybridized carbons (Fsp3) is 0. The molecule has 2 aromatic rings. The van der Waals surface area contributed by atoms with E-state index in [2.05, 4.69) is 15.9 Å². The maximum Gasteiger partial charge on any atom is 0.313 e. The number of halogens is 1. The molecule has 0 saturated carbocycles. The second-order valence-electron chi connectivity index (χ2n) is 3.15. The molecule has 0 amide bonds. The summed E-state index contributed by atoms with van der Waals surface area (Å²) in [6.45, 7) is 0. The van der Waals surface area contributed by atoms with Crippen LogP contribution in [0.25, 0.3) is 11.0 Å². The number of nitrogens with zero attached hydrogens (tertiary/aromatic N) is 2. The van der Waals surface area contributed by atoms with E-state index < -0.39 is 10.4 Å². The van der Waals surface area contributed by atoms with Crippen LogP contribution in [0.15, 0.2) is 31.9 Å². The third kappa shape index (κ3) is 1.90. The zero-order valence-corrected chi connectivity index (χ0v) is 9.72. The number of non-ortho nitro benzene ring substituents is 1. The van der Waals surface area contributed by atoms with Crippen LogP contribution in [0.2, 0.25) is 0 Å². The largest absolute Gasteiger partial charge is 0.438 e. The van der Waals surface area contributed by atoms with Gasteiger partial charge in [-0.1, -0.05) is 15.9 Å². The maximum atomic E-state index is 11.6. The molecule has 0 aliphatic heterocycles. The lowest BCUT2D eigenvalue weighted by Gasteiger charge is -1.99. The zero-order chi connectivity index (χ0) is 12.6. The van der Waals surface area contributed by atoms with E-state index in [-0.39, 0.29) is 22.4 Å². The molecule has 0 N–H and O–H groups in total. The summed E-state index contributed by atoms with van der Waals surface area (Å²) in [4.78, 5) is 21.8. The fourth-order valence-corrected chi connectivity index (χ4v) is 1.84. The Labute approximate surface area is 102 Å². The minimum absolute atomic E-state index is 0.0603. The zero-order valence-electron chi connectivity index (χ0n) is 8.14. The van der Waals surface area contributed by atoms with Crippen LogP contribution in [0.5, 0.6) is 0 Å². The van der Waals surface area contributed by atoms with Crippen molar-refractivity contribution in [3.05, 3.63) is 48.8 Å². The number of hydrogen-bond donors (Lipinski definition) is 0. The smallest absolute Gasteiger partial charge is 0.313 e. The molecular formula is C10H3BrN2O4. The highest BCUT2D eigenvalue weighted by Gasteiger charge is 2.18. The third-order valence-corrected chi connectivity index (χ3v) is 2.54. The molecule has 0 bridgehead atoms. The summed E-state index contributed by atoms with van der Waals surface area (Å²) in [6.07, 6.45) is 0. The molecule has 0 atom stereocenters. The molecule has 84 valence electrons. The summed E-state index contributed by atoms with van der Waals surface area (Å²) < 4.78 is 5.41. The van der Waals surface area contributed by atoms with Gasteiger partial charge < -0.3 is 4.42 Å². The van der Waals surface area contributed by atoms with Gasteiger partial charge in [0.05, 0.1) is 10.3 Å². The predicted molar refractivity (Wildman–Crippen MR) is 61.6 cm³/mol. The number of fused-ring (bicyclic) bond motifs is 1. The number of nitro benzene ring substituents is 1. The van der Waals surface area contributed by atoms with Crippen molar-refractivity contribution in [1.29, 1.82) is 5.26 Å². The molecule has 1 aromatic carbocycles. The Kier molecular flexibility index (Phi) is 2.65. The minimum Gasteiger partial charge on any atom is -0.438 e. The molecule has 0 spiro atoms. The van der Waals surface area contributed by atoms with Gasteiger partial charge in [-0.3, -0.25) is 14.9 Å². The van der Waals surface area contributed by atoms with E-state index in [0.29, 0.717) is 4.47 Å². The van der Waals surface area contributed by atoms with Gasteiger partial charge in [0, 0.05) is 16.6 Å². The molecular weight excluding hydrogens is 292 g/mol. The molecule has 0 aliphatic carbocycles. The van der Waals surface area contributed by atoms with Crippen molar-refractivity contribution < 1.29 is 9.34 Å². The molecule has 17 heavy (non-hydrogen) atoms. The van der Waals surface area contributed by atoms with Crippen LogP contribution in [0.3, 0.4) is 0 Å². The van der Waals surface area contributed by atoms with E-state index in [4.69, 9.17) is 9.68 Å². The first-order valence-corrected chi connectivity index (χ1v) is 5.14. The summed E-state index contributed by atoms with van der Waals surface area (Å²) in [5.74, 6) is -0.257. The van der Waals surface area contributed by atoms with Crippen LogP contribution in [0.1, 0.15) is 5.76 Å². The molecule has 0 saturated heterocycles. The average Bonchev–Trinajstić information content (AvgIpc) is 2.28. The van der Waals surface area contributed by atoms with Crippen molar-refractivity contribution in [3.8, 4) is 6.07 Å². The van der Waals surface area contributed by atoms with Crippen LogP contribution in [0, 0.1) is 21.4 Å². The van der Waals surface area contributed by atoms with Crippen molar-refractivity contribution in [2.75, 3.05) is 0 Å². The van der Waals surface area contributed by atoms with E-state index in [0.717, 1.165) is 6.07 Å². The first-order valence-electron chi connectivity index (χ1n) is 4.35. The fourth-order valence-electron chi connectivity index (χ4n) is 1.40. The minimum atomic E-state index is -0.669. The van der Waals surface area contributed by atoms with Crippen molar-refractivity contribution in [3.63, 3.8) is 0 Å². The second-order valence-corrected chi connectivity index (χ2v) is 4.06. The number of hydrogen-bond acceptors (Lipinski definition) is 5. The van der Waals surface area contributed by atoms with Gasteiger partial charge >= 0.3 is 5.69 Å². The van der Waals surface area contributed by atoms with Gasteiger partial charge in [0.2, 0.25) is 11.3 Å². The first-order chi connectivity index (χ1) is 8.02. The molecule has 0 aliphatic rings. The van der Waals surface area contributed by atoms with Gasteiger partial charge in [-0.05, 0) is 6.07 Å². The van der Waals surface area contributed by atoms with Crippen molar-refractivity contribution >= 4 is 32.6 Å². The van der Waals surface area contributed by atoms with Gasteiger partial charge in [0.15, 0.2) is 5.43 Å². The number of benzene rings is 1. The highest BCUT2D eigenvalue weighted by Crippen LogP contribution is 2.28. The van der Waals surface area contributed by atoms with Gasteiger partial charge in [-0.25, -0.2) is 0 Å². The number of rotatable bonds is 1. The van der Waals surface area contributed by atoms with Gasteiger partial charge in [-0.15, -0.1) is 0 Å². The summed E-state index contributed by atoms with van der Waals surface area (Å²) in [5, 5.41) is 19.5. The second kappa shape index (κ2) is 3.99. The molecule has 1 aromatic heterocycles. The van der Waals surface area contributed by atoms with Gasteiger partial charge in [-0.2, -0.15) is 5.26 Å². The molecule has 0 fully saturated rings. The number of nitro groups is 1. The van der Waals surface area contributed by atoms with E-state index in [1.807, 2.05) is 0 Å². The Morgan fingerprint density at radius 2 is 2.12 bits per heavy atom. The van der Waals surface area contributed by atoms with Crippen molar-refractivity contribution in [2.45, 2.75) is 0 Å². The van der Waals surface area contributed by atoms with Gasteiger partial charge in [0.25, 0.3) is 0 Å². The Bertz CT molecular complexity index is 729. The summed E-state index contributed by atoms with van der Waals surface area (Å²) >= 11 is 3.07. The topological polar surface area (TPSA) is 97.1 Å². The highest BCUT2D eigenvalue weighted by atomic mass is 79.9. The average molecular weight is 295 g/mol. The van der Waals surface area contributed by atoms with Gasteiger partial charge in [0.1, 0.15) is 6.07 Å². The van der Waals surface area contributed by atoms with Crippen LogP contribution in [-0.2, 0) is 0 Å². The summed E-state index contributed by atoms with van der Waals surface area (Å²) in [7, 11) is 0. The van der Waals surface area contributed by atoms with Crippen LogP contribution in [0.4, 0.5) is 5.69 Å². The Balaban J connectivity index is 3.01. The molecule has 7 heteroatoms. The highest BCUT2D eigenvalue weighted by molar-refractivity contribution is 9.10. The first kappa shape index (κ1) is 11.3. The van der Waals surface area contributed by atoms with E-state index >= 15 is 0 Å². The Hall–Kier alpha value is -2.20. The van der Waals surface area contributed by atoms with Crippen LogP contribution < -0.4 is 5.43 Å². The van der Waals surface area contributed by atoms with Crippen LogP contribution in [-0.4, -0.2) is 4.92 Å². The third-order valence-electron chi connectivity index (χ3n) is 2.08. The summed E-state index contributed by atoms with van der Waals surface area (Å²) in [5.41, 5.74) is -1.04. The number of nitriles is 1. The normalized spacial score (nSPS) is 10.1. The predicted octanol–water partition coefficient (Wildman–Crippen LogP) is 2.34. The van der Waals surface area contributed by atoms with E-state index in [9.17, 15) is 14.9 Å². The molecule has 0 unspecified atom stereocenters. The molecule has 6 nitrogen and oxygen atoms in total. The molecule has 1 heterocycles. The van der Waals surface area contributed by atoms with Crippen LogP contribution >= 0.6 is 15.9 Å². The standard InChI is InChI=1S/C10H3BrN2O4/c11-5-1-7-9(14)3-6(4-12)17-10(7)8(2-5)13(15)16/h1-3H. The Morgan fingerprint density at radius 3 is 2.71 bits per heavy atom. The summed E-state index contributed by atoms with van der Waals surface area (Å²) in [6, 6.07) is 5.26. The maximum absolute atomic E-state index is 11.6. The SMILES string of the molecule is N#Cc1cc(=O)c2cc(Br)cc([N+](=O)[O-])c2o1. The Morgan fingerprint density at radius 1 is 1.41 bits per heavy atom.